The molecule has 4 aromatic rings. The van der Waals surface area contributed by atoms with Crippen LogP contribution < -0.4 is 10.1 Å². The van der Waals surface area contributed by atoms with E-state index >= 15 is 0 Å². The van der Waals surface area contributed by atoms with Gasteiger partial charge in [-0.1, -0.05) is 91.0 Å². The molecule has 0 aromatic heterocycles. The van der Waals surface area contributed by atoms with E-state index < -0.39 is 29.2 Å². The van der Waals surface area contributed by atoms with Crippen molar-refractivity contribution in [3.8, 4) is 5.75 Å². The molecule has 1 N–H and O–H groups in total. The molecule has 0 saturated carbocycles. The van der Waals surface area contributed by atoms with Gasteiger partial charge in [0.1, 0.15) is 30.0 Å². The zero-order valence-electron chi connectivity index (χ0n) is 19.2. The number of nitrogens with one attached hydrogen (secondary N) is 1. The van der Waals surface area contributed by atoms with Crippen molar-refractivity contribution < 1.29 is 23.0 Å². The van der Waals surface area contributed by atoms with Crippen molar-refractivity contribution in [1.82, 2.24) is 5.32 Å². The molecule has 6 heteroatoms. The van der Waals surface area contributed by atoms with Gasteiger partial charge in [0.15, 0.2) is 0 Å². The smallest absolute Gasteiger partial charge is 0.326 e. The highest BCUT2D eigenvalue weighted by molar-refractivity contribution is 5.76. The fourth-order valence-corrected chi connectivity index (χ4v) is 4.18. The van der Waals surface area contributed by atoms with Gasteiger partial charge in [0.25, 0.3) is 0 Å². The lowest BCUT2D eigenvalue weighted by molar-refractivity contribution is -0.144. The Hall–Kier alpha value is -4.03. The molecule has 0 heterocycles. The molecule has 0 bridgehead atoms. The van der Waals surface area contributed by atoms with Crippen LogP contribution in [0, 0.1) is 11.6 Å². The molecule has 1 unspecified atom stereocenters. The number of hydrogen-bond acceptors (Lipinski definition) is 4. The van der Waals surface area contributed by atoms with Crippen LogP contribution in [0.15, 0.2) is 109 Å². The first-order chi connectivity index (χ1) is 17.0. The number of ether oxygens (including phenoxy) is 2. The van der Waals surface area contributed by atoms with Gasteiger partial charge in [-0.15, -0.1) is 0 Å². The lowest BCUT2D eigenvalue weighted by Gasteiger charge is -2.39. The maximum absolute atomic E-state index is 13.7. The molecular weight excluding hydrogens is 448 g/mol. The molecule has 0 radical (unpaired) electrons. The van der Waals surface area contributed by atoms with Crippen molar-refractivity contribution >= 4 is 5.97 Å². The monoisotopic (exact) mass is 473 g/mol. The highest BCUT2D eigenvalue weighted by atomic mass is 19.1. The lowest BCUT2D eigenvalue weighted by atomic mass is 9.76. The maximum Gasteiger partial charge on any atom is 0.326 e. The van der Waals surface area contributed by atoms with Crippen LogP contribution in [-0.2, 0) is 15.1 Å². The molecule has 0 fully saturated rings. The van der Waals surface area contributed by atoms with E-state index in [1.807, 2.05) is 91.0 Å². The van der Waals surface area contributed by atoms with Gasteiger partial charge >= 0.3 is 5.97 Å². The van der Waals surface area contributed by atoms with E-state index in [2.05, 4.69) is 5.32 Å². The number of benzene rings is 4. The van der Waals surface area contributed by atoms with E-state index in [9.17, 15) is 13.6 Å². The molecule has 35 heavy (non-hydrogen) atoms. The third kappa shape index (κ3) is 5.39. The molecule has 0 saturated heterocycles. The Kier molecular flexibility index (Phi) is 7.53. The summed E-state index contributed by atoms with van der Waals surface area (Å²) in [5.41, 5.74) is 1.72. The summed E-state index contributed by atoms with van der Waals surface area (Å²) in [5.74, 6) is -2.14. The summed E-state index contributed by atoms with van der Waals surface area (Å²) < 4.78 is 38.1. The number of rotatable bonds is 9. The number of methoxy groups -OCH3 is 1. The van der Waals surface area contributed by atoms with E-state index in [-0.39, 0.29) is 12.4 Å². The van der Waals surface area contributed by atoms with Crippen molar-refractivity contribution in [1.29, 1.82) is 0 Å². The molecule has 4 nitrogen and oxygen atoms in total. The average molecular weight is 474 g/mol. The number of carbonyl (C=O) groups is 1. The Bertz CT molecular complexity index is 1130. The van der Waals surface area contributed by atoms with Gasteiger partial charge in [0.2, 0.25) is 0 Å². The van der Waals surface area contributed by atoms with Gasteiger partial charge in [0, 0.05) is 18.2 Å². The molecule has 0 spiro atoms. The van der Waals surface area contributed by atoms with Crippen LogP contribution in [0.2, 0.25) is 0 Å². The van der Waals surface area contributed by atoms with Crippen molar-refractivity contribution in [3.05, 3.63) is 138 Å². The Balaban J connectivity index is 1.81. The summed E-state index contributed by atoms with van der Waals surface area (Å²) in [7, 11) is 1.29. The van der Waals surface area contributed by atoms with Crippen LogP contribution in [0.1, 0.15) is 16.7 Å². The molecule has 178 valence electrons. The number of halogens is 2. The summed E-state index contributed by atoms with van der Waals surface area (Å²) in [6, 6.07) is 31.1. The van der Waals surface area contributed by atoms with E-state index in [1.54, 1.807) is 0 Å². The first-order valence-corrected chi connectivity index (χ1v) is 11.1. The minimum absolute atomic E-state index is 0.0251. The Morgan fingerprint density at radius 1 is 0.771 bits per heavy atom. The zero-order chi connectivity index (χ0) is 24.7. The quantitative estimate of drug-likeness (QED) is 0.259. The van der Waals surface area contributed by atoms with Gasteiger partial charge in [-0.05, 0) is 16.7 Å². The summed E-state index contributed by atoms with van der Waals surface area (Å²) in [6.07, 6.45) is 0. The highest BCUT2D eigenvalue weighted by Gasteiger charge is 2.40. The van der Waals surface area contributed by atoms with Crippen LogP contribution in [0.5, 0.6) is 5.75 Å². The maximum atomic E-state index is 13.7. The summed E-state index contributed by atoms with van der Waals surface area (Å²) in [4.78, 5) is 12.9. The fourth-order valence-electron chi connectivity index (χ4n) is 4.18. The van der Waals surface area contributed by atoms with Gasteiger partial charge in [-0.25, -0.2) is 8.78 Å². The van der Waals surface area contributed by atoms with Crippen molar-refractivity contribution in [2.24, 2.45) is 0 Å². The lowest BCUT2D eigenvalue weighted by Crippen LogP contribution is -2.55. The summed E-state index contributed by atoms with van der Waals surface area (Å²) >= 11 is 0. The Morgan fingerprint density at radius 2 is 1.20 bits per heavy atom. The predicted octanol–water partition coefficient (Wildman–Crippen LogP) is 5.47. The summed E-state index contributed by atoms with van der Waals surface area (Å²) in [6.45, 7) is -0.218. The predicted molar refractivity (Wildman–Crippen MR) is 130 cm³/mol. The second-order valence-corrected chi connectivity index (χ2v) is 7.98. The zero-order valence-corrected chi connectivity index (χ0v) is 19.2. The number of hydrogen-bond donors (Lipinski definition) is 1. The fraction of sp³-hybridized carbons (Fsp3) is 0.138. The highest BCUT2D eigenvalue weighted by Crippen LogP contribution is 2.37. The third-order valence-corrected chi connectivity index (χ3v) is 5.75. The van der Waals surface area contributed by atoms with Gasteiger partial charge in [-0.3, -0.25) is 10.1 Å². The number of carbonyl (C=O) groups excluding carboxylic acids is 1. The second-order valence-electron chi connectivity index (χ2n) is 7.98. The van der Waals surface area contributed by atoms with Crippen LogP contribution in [0.25, 0.3) is 0 Å². The van der Waals surface area contributed by atoms with Crippen molar-refractivity contribution in [2.45, 2.75) is 11.6 Å². The van der Waals surface area contributed by atoms with Gasteiger partial charge in [-0.2, -0.15) is 0 Å². The number of esters is 1. The van der Waals surface area contributed by atoms with Crippen LogP contribution in [0.4, 0.5) is 8.78 Å². The standard InChI is InChI=1S/C29H25F2NO3/c1-34-28(33)27(20-35-26-18-24(30)17-25(31)19-26)32-29(21-11-5-2-6-12-21,22-13-7-3-8-14-22)23-15-9-4-10-16-23/h2-19,27,32H,20H2,1H3. The summed E-state index contributed by atoms with van der Waals surface area (Å²) in [5, 5.41) is 3.48. The molecular formula is C29H25F2NO3. The second kappa shape index (κ2) is 10.9. The minimum Gasteiger partial charge on any atom is -0.491 e. The molecule has 0 aliphatic carbocycles. The van der Waals surface area contributed by atoms with Crippen LogP contribution >= 0.6 is 0 Å². The van der Waals surface area contributed by atoms with E-state index in [0.29, 0.717) is 0 Å². The van der Waals surface area contributed by atoms with Crippen LogP contribution in [-0.4, -0.2) is 25.7 Å². The first kappa shape index (κ1) is 24.1. The third-order valence-electron chi connectivity index (χ3n) is 5.75. The van der Waals surface area contributed by atoms with Crippen molar-refractivity contribution in [2.75, 3.05) is 13.7 Å². The Labute approximate surface area is 203 Å². The largest absolute Gasteiger partial charge is 0.491 e. The van der Waals surface area contributed by atoms with E-state index in [4.69, 9.17) is 9.47 Å². The molecule has 4 rings (SSSR count). The normalized spacial score (nSPS) is 12.1. The van der Waals surface area contributed by atoms with Gasteiger partial charge in [0.05, 0.1) is 12.6 Å². The molecule has 1 atom stereocenters. The first-order valence-electron chi connectivity index (χ1n) is 11.1. The minimum atomic E-state index is -0.980. The molecule has 0 aliphatic rings. The average Bonchev–Trinajstić information content (AvgIpc) is 2.89. The van der Waals surface area contributed by atoms with Gasteiger partial charge < -0.3 is 9.47 Å². The molecule has 4 aromatic carbocycles. The Morgan fingerprint density at radius 3 is 1.60 bits per heavy atom. The molecule has 0 amide bonds. The van der Waals surface area contributed by atoms with E-state index in [1.165, 1.54) is 7.11 Å². The SMILES string of the molecule is COC(=O)C(COc1cc(F)cc(F)c1)NC(c1ccccc1)(c1ccccc1)c1ccccc1. The van der Waals surface area contributed by atoms with E-state index in [0.717, 1.165) is 34.9 Å². The molecule has 0 aliphatic heterocycles. The van der Waals surface area contributed by atoms with Crippen molar-refractivity contribution in [3.63, 3.8) is 0 Å². The van der Waals surface area contributed by atoms with Crippen LogP contribution in [0.3, 0.4) is 0 Å². The topological polar surface area (TPSA) is 47.6 Å².